The Morgan fingerprint density at radius 3 is 2.41 bits per heavy atom. The summed E-state index contributed by atoms with van der Waals surface area (Å²) in [4.78, 5) is 0. The molecule has 2 aromatic carbocycles. The molecule has 0 spiro atoms. The lowest BCUT2D eigenvalue weighted by molar-refractivity contribution is -0.137. The lowest BCUT2D eigenvalue weighted by Gasteiger charge is -2.12. The fraction of sp³-hybridized carbons (Fsp3) is 0.231. The molecule has 4 heteroatoms. The molecule has 0 heterocycles. The van der Waals surface area contributed by atoms with Gasteiger partial charge in [-0.1, -0.05) is 31.2 Å². The van der Waals surface area contributed by atoms with Gasteiger partial charge in [0.05, 0.1) is 0 Å². The Balaban J connectivity index is 2.78. The Hall–Kier alpha value is -1.71. The number of phenols is 1. The summed E-state index contributed by atoms with van der Waals surface area (Å²) in [6.07, 6.45) is -3.78. The molecule has 0 atom stereocenters. The highest BCUT2D eigenvalue weighted by Crippen LogP contribution is 2.40. The van der Waals surface area contributed by atoms with Crippen molar-refractivity contribution in [2.75, 3.05) is 0 Å². The third-order valence-electron chi connectivity index (χ3n) is 2.75. The first-order chi connectivity index (χ1) is 7.93. The highest BCUT2D eigenvalue weighted by molar-refractivity contribution is 5.88. The predicted molar refractivity (Wildman–Crippen MR) is 60.0 cm³/mol. The van der Waals surface area contributed by atoms with Crippen molar-refractivity contribution in [3.8, 4) is 5.75 Å². The van der Waals surface area contributed by atoms with E-state index in [0.717, 1.165) is 18.1 Å². The molecule has 2 aromatic rings. The number of aromatic hydroxyl groups is 1. The summed E-state index contributed by atoms with van der Waals surface area (Å²) < 4.78 is 38.4. The van der Waals surface area contributed by atoms with Gasteiger partial charge in [0.1, 0.15) is 11.3 Å². The van der Waals surface area contributed by atoms with Crippen LogP contribution in [-0.4, -0.2) is 5.11 Å². The molecule has 0 fully saturated rings. The van der Waals surface area contributed by atoms with Crippen molar-refractivity contribution >= 4 is 10.8 Å². The molecule has 17 heavy (non-hydrogen) atoms. The highest BCUT2D eigenvalue weighted by Gasteiger charge is 2.35. The SMILES string of the molecule is CCc1ccc2c(C(F)(F)F)c(O)ccc2c1. The smallest absolute Gasteiger partial charge is 0.420 e. The molecule has 90 valence electrons. The van der Waals surface area contributed by atoms with E-state index in [0.29, 0.717) is 5.39 Å². The molecule has 0 saturated heterocycles. The van der Waals surface area contributed by atoms with Crippen LogP contribution >= 0.6 is 0 Å². The Morgan fingerprint density at radius 2 is 1.82 bits per heavy atom. The maximum atomic E-state index is 12.8. The molecule has 0 bridgehead atoms. The van der Waals surface area contributed by atoms with E-state index < -0.39 is 17.5 Å². The van der Waals surface area contributed by atoms with Crippen molar-refractivity contribution in [3.05, 3.63) is 41.5 Å². The zero-order valence-corrected chi connectivity index (χ0v) is 9.17. The number of alkyl halides is 3. The molecule has 0 amide bonds. The summed E-state index contributed by atoms with van der Waals surface area (Å²) >= 11 is 0. The van der Waals surface area contributed by atoms with Gasteiger partial charge in [0.2, 0.25) is 0 Å². The van der Waals surface area contributed by atoms with Gasteiger partial charge in [-0.25, -0.2) is 0 Å². The van der Waals surface area contributed by atoms with E-state index in [1.807, 2.05) is 6.92 Å². The fourth-order valence-corrected chi connectivity index (χ4v) is 1.89. The third-order valence-corrected chi connectivity index (χ3v) is 2.75. The van der Waals surface area contributed by atoms with Gasteiger partial charge in [-0.3, -0.25) is 0 Å². The monoisotopic (exact) mass is 240 g/mol. The number of halogens is 3. The second kappa shape index (κ2) is 3.95. The van der Waals surface area contributed by atoms with Crippen LogP contribution in [0.15, 0.2) is 30.3 Å². The maximum Gasteiger partial charge on any atom is 0.420 e. The molecular formula is C13H11F3O. The van der Waals surface area contributed by atoms with Crippen molar-refractivity contribution in [3.63, 3.8) is 0 Å². The lowest BCUT2D eigenvalue weighted by Crippen LogP contribution is -2.06. The van der Waals surface area contributed by atoms with Crippen LogP contribution in [0.5, 0.6) is 5.75 Å². The predicted octanol–water partition coefficient (Wildman–Crippen LogP) is 4.13. The van der Waals surface area contributed by atoms with E-state index in [-0.39, 0.29) is 5.39 Å². The molecule has 2 rings (SSSR count). The molecule has 0 aliphatic rings. The van der Waals surface area contributed by atoms with Crippen LogP contribution in [0.1, 0.15) is 18.1 Å². The van der Waals surface area contributed by atoms with Crippen molar-refractivity contribution in [2.45, 2.75) is 19.5 Å². The third kappa shape index (κ3) is 2.07. The molecule has 0 unspecified atom stereocenters. The van der Waals surface area contributed by atoms with Crippen molar-refractivity contribution < 1.29 is 18.3 Å². The summed E-state index contributed by atoms with van der Waals surface area (Å²) in [5.74, 6) is -0.728. The summed E-state index contributed by atoms with van der Waals surface area (Å²) in [5, 5.41) is 9.88. The van der Waals surface area contributed by atoms with E-state index in [2.05, 4.69) is 0 Å². The van der Waals surface area contributed by atoms with Crippen molar-refractivity contribution in [1.82, 2.24) is 0 Å². The summed E-state index contributed by atoms with van der Waals surface area (Å²) in [6, 6.07) is 7.36. The minimum absolute atomic E-state index is 0.0368. The van der Waals surface area contributed by atoms with Crippen LogP contribution in [0.2, 0.25) is 0 Å². The van der Waals surface area contributed by atoms with Crippen LogP contribution in [0.3, 0.4) is 0 Å². The normalized spacial score (nSPS) is 12.0. The van der Waals surface area contributed by atoms with Gasteiger partial charge < -0.3 is 5.11 Å². The minimum atomic E-state index is -4.54. The second-order valence-electron chi connectivity index (χ2n) is 3.87. The molecule has 0 radical (unpaired) electrons. The van der Waals surface area contributed by atoms with Crippen LogP contribution in [0.25, 0.3) is 10.8 Å². The maximum absolute atomic E-state index is 12.8. The molecule has 0 saturated carbocycles. The average Bonchev–Trinajstić information content (AvgIpc) is 2.26. The van der Waals surface area contributed by atoms with Crippen LogP contribution < -0.4 is 0 Å². The van der Waals surface area contributed by atoms with Gasteiger partial charge in [0, 0.05) is 0 Å². The van der Waals surface area contributed by atoms with Gasteiger partial charge in [0.25, 0.3) is 0 Å². The number of rotatable bonds is 1. The van der Waals surface area contributed by atoms with E-state index >= 15 is 0 Å². The van der Waals surface area contributed by atoms with E-state index in [1.54, 1.807) is 12.1 Å². The summed E-state index contributed by atoms with van der Waals surface area (Å²) in [6.45, 7) is 1.94. The zero-order chi connectivity index (χ0) is 12.6. The second-order valence-corrected chi connectivity index (χ2v) is 3.87. The number of hydrogen-bond donors (Lipinski definition) is 1. The minimum Gasteiger partial charge on any atom is -0.507 e. The molecule has 1 nitrogen and oxygen atoms in total. The molecule has 1 N–H and O–H groups in total. The number of benzene rings is 2. The Kier molecular flexibility index (Phi) is 2.73. The average molecular weight is 240 g/mol. The largest absolute Gasteiger partial charge is 0.507 e. The topological polar surface area (TPSA) is 20.2 Å². The number of fused-ring (bicyclic) bond motifs is 1. The van der Waals surface area contributed by atoms with E-state index in [1.165, 1.54) is 12.1 Å². The number of aryl methyl sites for hydroxylation is 1. The zero-order valence-electron chi connectivity index (χ0n) is 9.17. The Labute approximate surface area is 96.5 Å². The molecule has 0 aliphatic heterocycles. The van der Waals surface area contributed by atoms with Crippen LogP contribution in [0.4, 0.5) is 13.2 Å². The number of phenolic OH excluding ortho intramolecular Hbond substituents is 1. The quantitative estimate of drug-likeness (QED) is 0.794. The standard InChI is InChI=1S/C13H11F3O/c1-2-8-3-5-10-9(7-8)4-6-11(17)12(10)13(14,15)16/h3-7,17H,2H2,1H3. The first-order valence-electron chi connectivity index (χ1n) is 5.25. The first kappa shape index (κ1) is 11.8. The summed E-state index contributed by atoms with van der Waals surface area (Å²) in [7, 11) is 0. The van der Waals surface area contributed by atoms with E-state index in [9.17, 15) is 18.3 Å². The fourth-order valence-electron chi connectivity index (χ4n) is 1.89. The Morgan fingerprint density at radius 1 is 1.12 bits per heavy atom. The Bertz CT molecular complexity index is 558. The lowest BCUT2D eigenvalue weighted by atomic mass is 10.00. The van der Waals surface area contributed by atoms with Crippen molar-refractivity contribution in [1.29, 1.82) is 0 Å². The van der Waals surface area contributed by atoms with E-state index in [4.69, 9.17) is 0 Å². The molecular weight excluding hydrogens is 229 g/mol. The van der Waals surface area contributed by atoms with Gasteiger partial charge in [0.15, 0.2) is 0 Å². The van der Waals surface area contributed by atoms with Gasteiger partial charge in [-0.2, -0.15) is 13.2 Å². The summed E-state index contributed by atoms with van der Waals surface area (Å²) in [5.41, 5.74) is 0.00830. The van der Waals surface area contributed by atoms with Gasteiger partial charge in [-0.05, 0) is 28.8 Å². The first-order valence-corrected chi connectivity index (χ1v) is 5.25. The highest BCUT2D eigenvalue weighted by atomic mass is 19.4. The molecule has 0 aliphatic carbocycles. The van der Waals surface area contributed by atoms with Crippen molar-refractivity contribution in [2.24, 2.45) is 0 Å². The van der Waals surface area contributed by atoms with Gasteiger partial charge in [-0.15, -0.1) is 0 Å². The van der Waals surface area contributed by atoms with Gasteiger partial charge >= 0.3 is 6.18 Å². The van der Waals surface area contributed by atoms with Crippen LogP contribution in [0, 0.1) is 0 Å². The number of hydrogen-bond acceptors (Lipinski definition) is 1. The molecule has 0 aromatic heterocycles. The van der Waals surface area contributed by atoms with Crippen LogP contribution in [-0.2, 0) is 12.6 Å².